The average molecular weight is 269 g/mol. The molecule has 3 rings (SSSR count). The summed E-state index contributed by atoms with van der Waals surface area (Å²) in [5, 5.41) is 12.4. The highest BCUT2D eigenvalue weighted by molar-refractivity contribution is 5.82. The molecule has 6 nitrogen and oxygen atoms in total. The SMILES string of the molecule is Cn1cnc2c(NCc3cccc(CO)c3)ncnc21. The summed E-state index contributed by atoms with van der Waals surface area (Å²) in [6.07, 6.45) is 3.24. The van der Waals surface area contributed by atoms with Gasteiger partial charge in [-0.25, -0.2) is 15.0 Å². The maximum atomic E-state index is 9.14. The molecule has 6 heteroatoms. The molecular weight excluding hydrogens is 254 g/mol. The minimum Gasteiger partial charge on any atom is -0.392 e. The van der Waals surface area contributed by atoms with E-state index in [0.717, 1.165) is 22.3 Å². The fourth-order valence-corrected chi connectivity index (χ4v) is 2.10. The molecular formula is C14H15N5O. The quantitative estimate of drug-likeness (QED) is 0.750. The molecule has 2 aromatic heterocycles. The number of rotatable bonds is 4. The van der Waals surface area contributed by atoms with Gasteiger partial charge in [0.1, 0.15) is 11.8 Å². The Kier molecular flexibility index (Phi) is 3.30. The molecule has 102 valence electrons. The van der Waals surface area contributed by atoms with Gasteiger partial charge in [0.2, 0.25) is 0 Å². The lowest BCUT2D eigenvalue weighted by Gasteiger charge is -2.07. The van der Waals surface area contributed by atoms with E-state index in [1.54, 1.807) is 6.33 Å². The van der Waals surface area contributed by atoms with Crippen LogP contribution in [-0.2, 0) is 20.2 Å². The molecule has 3 aromatic rings. The number of aliphatic hydroxyl groups is 1. The Morgan fingerprint density at radius 1 is 1.20 bits per heavy atom. The predicted octanol–water partition coefficient (Wildman–Crippen LogP) is 1.47. The van der Waals surface area contributed by atoms with E-state index in [2.05, 4.69) is 20.3 Å². The highest BCUT2D eigenvalue weighted by atomic mass is 16.3. The molecule has 0 radical (unpaired) electrons. The first kappa shape index (κ1) is 12.6. The number of aliphatic hydroxyl groups excluding tert-OH is 1. The maximum Gasteiger partial charge on any atom is 0.165 e. The van der Waals surface area contributed by atoms with Crippen molar-refractivity contribution in [2.75, 3.05) is 5.32 Å². The molecule has 2 N–H and O–H groups in total. The third-order valence-corrected chi connectivity index (χ3v) is 3.13. The zero-order valence-corrected chi connectivity index (χ0v) is 11.1. The summed E-state index contributed by atoms with van der Waals surface area (Å²) in [6, 6.07) is 7.79. The van der Waals surface area contributed by atoms with Gasteiger partial charge in [-0.3, -0.25) is 0 Å². The number of anilines is 1. The summed E-state index contributed by atoms with van der Waals surface area (Å²) in [5.74, 6) is 0.713. The van der Waals surface area contributed by atoms with Crippen LogP contribution in [0, 0.1) is 0 Å². The molecule has 0 aliphatic carbocycles. The zero-order chi connectivity index (χ0) is 13.9. The lowest BCUT2D eigenvalue weighted by Crippen LogP contribution is -2.03. The molecule has 0 atom stereocenters. The van der Waals surface area contributed by atoms with Crippen molar-refractivity contribution in [3.05, 3.63) is 48.0 Å². The van der Waals surface area contributed by atoms with E-state index in [4.69, 9.17) is 5.11 Å². The number of hydrogen-bond donors (Lipinski definition) is 2. The molecule has 0 amide bonds. The zero-order valence-electron chi connectivity index (χ0n) is 11.1. The molecule has 0 aliphatic heterocycles. The Morgan fingerprint density at radius 3 is 2.90 bits per heavy atom. The van der Waals surface area contributed by atoms with Gasteiger partial charge in [0.25, 0.3) is 0 Å². The van der Waals surface area contributed by atoms with E-state index < -0.39 is 0 Å². The van der Waals surface area contributed by atoms with E-state index >= 15 is 0 Å². The van der Waals surface area contributed by atoms with Gasteiger partial charge in [0.15, 0.2) is 11.5 Å². The number of nitrogens with zero attached hydrogens (tertiary/aromatic N) is 4. The van der Waals surface area contributed by atoms with Crippen molar-refractivity contribution in [3.63, 3.8) is 0 Å². The van der Waals surface area contributed by atoms with Crippen LogP contribution in [0.2, 0.25) is 0 Å². The molecule has 0 fully saturated rings. The minimum atomic E-state index is 0.0475. The van der Waals surface area contributed by atoms with Crippen LogP contribution in [0.1, 0.15) is 11.1 Å². The standard InChI is InChI=1S/C14H15N5O/c1-19-9-18-12-13(16-8-17-14(12)19)15-6-10-3-2-4-11(5-10)7-20/h2-5,8-9,20H,6-7H2,1H3,(H,15,16,17). The Morgan fingerprint density at radius 2 is 2.05 bits per heavy atom. The summed E-state index contributed by atoms with van der Waals surface area (Å²) < 4.78 is 1.86. The summed E-state index contributed by atoms with van der Waals surface area (Å²) in [4.78, 5) is 12.7. The molecule has 20 heavy (non-hydrogen) atoms. The molecule has 0 saturated carbocycles. The first-order valence-electron chi connectivity index (χ1n) is 6.32. The van der Waals surface area contributed by atoms with Crippen LogP contribution in [0.4, 0.5) is 5.82 Å². The van der Waals surface area contributed by atoms with Crippen molar-refractivity contribution in [1.82, 2.24) is 19.5 Å². The first-order chi connectivity index (χ1) is 9.78. The van der Waals surface area contributed by atoms with Crippen LogP contribution in [-0.4, -0.2) is 24.6 Å². The lowest BCUT2D eigenvalue weighted by atomic mass is 10.1. The van der Waals surface area contributed by atoms with Crippen LogP contribution in [0.15, 0.2) is 36.9 Å². The minimum absolute atomic E-state index is 0.0475. The van der Waals surface area contributed by atoms with Gasteiger partial charge in [-0.1, -0.05) is 24.3 Å². The summed E-state index contributed by atoms with van der Waals surface area (Å²) in [5.41, 5.74) is 3.54. The predicted molar refractivity (Wildman–Crippen MR) is 76.0 cm³/mol. The van der Waals surface area contributed by atoms with Gasteiger partial charge in [-0.2, -0.15) is 0 Å². The van der Waals surface area contributed by atoms with Gasteiger partial charge in [-0.05, 0) is 11.1 Å². The first-order valence-corrected chi connectivity index (χ1v) is 6.32. The van der Waals surface area contributed by atoms with Crippen molar-refractivity contribution in [1.29, 1.82) is 0 Å². The van der Waals surface area contributed by atoms with Gasteiger partial charge < -0.3 is 15.0 Å². The second-order valence-corrected chi connectivity index (χ2v) is 4.58. The van der Waals surface area contributed by atoms with Crippen molar-refractivity contribution < 1.29 is 5.11 Å². The molecule has 0 saturated heterocycles. The number of aromatic nitrogens is 4. The largest absolute Gasteiger partial charge is 0.392 e. The maximum absolute atomic E-state index is 9.14. The Labute approximate surface area is 116 Å². The van der Waals surface area contributed by atoms with Crippen molar-refractivity contribution in [2.45, 2.75) is 13.2 Å². The van der Waals surface area contributed by atoms with Crippen LogP contribution >= 0.6 is 0 Å². The van der Waals surface area contributed by atoms with Gasteiger partial charge in [0, 0.05) is 13.6 Å². The second kappa shape index (κ2) is 5.26. The third kappa shape index (κ3) is 2.33. The van der Waals surface area contributed by atoms with Crippen molar-refractivity contribution >= 4 is 17.0 Å². The highest BCUT2D eigenvalue weighted by Gasteiger charge is 2.07. The number of hydrogen-bond acceptors (Lipinski definition) is 5. The van der Waals surface area contributed by atoms with Crippen LogP contribution < -0.4 is 5.32 Å². The van der Waals surface area contributed by atoms with Gasteiger partial charge in [-0.15, -0.1) is 0 Å². The lowest BCUT2D eigenvalue weighted by molar-refractivity contribution is 0.281. The van der Waals surface area contributed by atoms with Crippen molar-refractivity contribution in [2.24, 2.45) is 7.05 Å². The molecule has 0 aliphatic rings. The fraction of sp³-hybridized carbons (Fsp3) is 0.214. The summed E-state index contributed by atoms with van der Waals surface area (Å²) in [6.45, 7) is 0.669. The molecule has 2 heterocycles. The van der Waals surface area contributed by atoms with Crippen LogP contribution in [0.3, 0.4) is 0 Å². The Hall–Kier alpha value is -2.47. The number of fused-ring (bicyclic) bond motifs is 1. The van der Waals surface area contributed by atoms with E-state index in [9.17, 15) is 0 Å². The monoisotopic (exact) mass is 269 g/mol. The van der Waals surface area contributed by atoms with Crippen LogP contribution in [0.5, 0.6) is 0 Å². The van der Waals surface area contributed by atoms with E-state index in [1.165, 1.54) is 6.33 Å². The average Bonchev–Trinajstić information content (AvgIpc) is 2.88. The topological polar surface area (TPSA) is 75.9 Å². The molecule has 1 aromatic carbocycles. The smallest absolute Gasteiger partial charge is 0.165 e. The normalized spacial score (nSPS) is 10.9. The third-order valence-electron chi connectivity index (χ3n) is 3.13. The Bertz CT molecular complexity index is 737. The number of benzene rings is 1. The number of nitrogens with one attached hydrogen (secondary N) is 1. The molecule has 0 bridgehead atoms. The summed E-state index contributed by atoms with van der Waals surface area (Å²) >= 11 is 0. The number of aryl methyl sites for hydroxylation is 1. The van der Waals surface area contributed by atoms with Crippen LogP contribution in [0.25, 0.3) is 11.2 Å². The highest BCUT2D eigenvalue weighted by Crippen LogP contribution is 2.17. The van der Waals surface area contributed by atoms with E-state index in [0.29, 0.717) is 12.4 Å². The number of imidazole rings is 1. The summed E-state index contributed by atoms with van der Waals surface area (Å²) in [7, 11) is 1.90. The van der Waals surface area contributed by atoms with Gasteiger partial charge >= 0.3 is 0 Å². The van der Waals surface area contributed by atoms with E-state index in [1.807, 2.05) is 35.9 Å². The van der Waals surface area contributed by atoms with E-state index in [-0.39, 0.29) is 6.61 Å². The fourth-order valence-electron chi connectivity index (χ4n) is 2.10. The van der Waals surface area contributed by atoms with Crippen molar-refractivity contribution in [3.8, 4) is 0 Å². The van der Waals surface area contributed by atoms with Gasteiger partial charge in [0.05, 0.1) is 12.9 Å². The molecule has 0 spiro atoms. The molecule has 0 unspecified atom stereocenters. The Balaban J connectivity index is 1.83. The second-order valence-electron chi connectivity index (χ2n) is 4.58.